The zero-order valence-corrected chi connectivity index (χ0v) is 9.01. The van der Waals surface area contributed by atoms with Crippen LogP contribution in [0.3, 0.4) is 0 Å². The number of carbonyl (C=O) groups is 3. The second-order valence-electron chi connectivity index (χ2n) is 3.21. The molecule has 0 saturated carbocycles. The minimum atomic E-state index is -2.22. The van der Waals surface area contributed by atoms with E-state index < -0.39 is 29.4 Å². The fourth-order valence-corrected chi connectivity index (χ4v) is 0.817. The fraction of sp³-hybridized carbons (Fsp3) is 0.300. The molecule has 92 valence electrons. The van der Waals surface area contributed by atoms with Crippen LogP contribution < -0.4 is 11.1 Å². The van der Waals surface area contributed by atoms with Crippen molar-refractivity contribution in [3.8, 4) is 12.3 Å². The molecule has 0 rings (SSSR count). The summed E-state index contributed by atoms with van der Waals surface area (Å²) in [5.41, 5.74) is 3.02. The molecule has 0 aliphatic heterocycles. The van der Waals surface area contributed by atoms with Gasteiger partial charge < -0.3 is 21.3 Å². The van der Waals surface area contributed by atoms with Gasteiger partial charge in [-0.2, -0.15) is 0 Å². The Morgan fingerprint density at radius 3 is 2.29 bits per heavy atom. The minimum Gasteiger partial charge on any atom is -0.479 e. The van der Waals surface area contributed by atoms with Crippen molar-refractivity contribution in [3.63, 3.8) is 0 Å². The van der Waals surface area contributed by atoms with E-state index in [9.17, 15) is 14.4 Å². The summed E-state index contributed by atoms with van der Waals surface area (Å²) in [6.45, 7) is 1.33. The number of carboxylic acids is 2. The minimum absolute atomic E-state index is 0.537. The van der Waals surface area contributed by atoms with Gasteiger partial charge in [0.15, 0.2) is 0 Å². The first-order chi connectivity index (χ1) is 7.75. The Hall–Kier alpha value is -2.33. The predicted octanol–water partition coefficient (Wildman–Crippen LogP) is -1.45. The average Bonchev–Trinajstić information content (AvgIpc) is 2.23. The van der Waals surface area contributed by atoms with Gasteiger partial charge in [0, 0.05) is 6.08 Å². The Bertz CT molecular complexity index is 407. The molecule has 2 atom stereocenters. The maximum atomic E-state index is 11.3. The molecule has 0 fully saturated rings. The van der Waals surface area contributed by atoms with Crippen LogP contribution in [0.2, 0.25) is 0 Å². The van der Waals surface area contributed by atoms with Crippen LogP contribution >= 0.6 is 0 Å². The molecule has 0 spiro atoms. The van der Waals surface area contributed by atoms with Crippen molar-refractivity contribution < 1.29 is 24.6 Å². The largest absolute Gasteiger partial charge is 0.479 e. The number of amides is 1. The van der Waals surface area contributed by atoms with Gasteiger partial charge in [-0.3, -0.25) is 4.79 Å². The number of aliphatic carboxylic acids is 2. The van der Waals surface area contributed by atoms with Crippen LogP contribution in [0, 0.1) is 12.3 Å². The van der Waals surface area contributed by atoms with Crippen molar-refractivity contribution in [1.82, 2.24) is 5.32 Å². The van der Waals surface area contributed by atoms with Gasteiger partial charge >= 0.3 is 11.9 Å². The SMILES string of the molecule is C#CC(C=CC(=O)O)(NC(=O)C(C)N)C(=O)O. The quantitative estimate of drug-likeness (QED) is 0.343. The molecular formula is C10H12N2O5. The topological polar surface area (TPSA) is 130 Å². The molecule has 0 aliphatic carbocycles. The van der Waals surface area contributed by atoms with E-state index in [-0.39, 0.29) is 0 Å². The Kier molecular flexibility index (Phi) is 4.89. The highest BCUT2D eigenvalue weighted by atomic mass is 16.4. The fourth-order valence-electron chi connectivity index (χ4n) is 0.817. The molecule has 7 nitrogen and oxygen atoms in total. The van der Waals surface area contributed by atoms with E-state index in [1.807, 2.05) is 11.2 Å². The van der Waals surface area contributed by atoms with Crippen LogP contribution in [0.25, 0.3) is 0 Å². The Morgan fingerprint density at radius 2 is 2.00 bits per heavy atom. The highest BCUT2D eigenvalue weighted by Gasteiger charge is 2.36. The molecule has 0 bridgehead atoms. The van der Waals surface area contributed by atoms with Gasteiger partial charge in [0.05, 0.1) is 6.04 Å². The van der Waals surface area contributed by atoms with E-state index in [1.165, 1.54) is 6.92 Å². The van der Waals surface area contributed by atoms with E-state index in [1.54, 1.807) is 0 Å². The van der Waals surface area contributed by atoms with Crippen molar-refractivity contribution in [1.29, 1.82) is 0 Å². The Morgan fingerprint density at radius 1 is 1.47 bits per heavy atom. The third kappa shape index (κ3) is 3.96. The van der Waals surface area contributed by atoms with E-state index in [2.05, 4.69) is 0 Å². The zero-order chi connectivity index (χ0) is 13.6. The second-order valence-corrected chi connectivity index (χ2v) is 3.21. The summed E-state index contributed by atoms with van der Waals surface area (Å²) < 4.78 is 0. The van der Waals surface area contributed by atoms with Crippen LogP contribution in [-0.2, 0) is 14.4 Å². The third-order valence-electron chi connectivity index (χ3n) is 1.77. The first kappa shape index (κ1) is 14.7. The molecule has 1 amide bonds. The number of nitrogens with one attached hydrogen (secondary N) is 1. The number of carboxylic acid groups (broad SMARTS) is 2. The third-order valence-corrected chi connectivity index (χ3v) is 1.77. The summed E-state index contributed by atoms with van der Waals surface area (Å²) in [7, 11) is 0. The van der Waals surface area contributed by atoms with Crippen LogP contribution in [0.15, 0.2) is 12.2 Å². The van der Waals surface area contributed by atoms with E-state index in [0.29, 0.717) is 12.2 Å². The van der Waals surface area contributed by atoms with Gasteiger partial charge in [-0.1, -0.05) is 5.92 Å². The summed E-state index contributed by atoms with van der Waals surface area (Å²) in [4.78, 5) is 32.6. The highest BCUT2D eigenvalue weighted by Crippen LogP contribution is 2.07. The zero-order valence-electron chi connectivity index (χ0n) is 9.01. The van der Waals surface area contributed by atoms with Gasteiger partial charge in [-0.05, 0) is 13.0 Å². The Labute approximate surface area is 97.3 Å². The van der Waals surface area contributed by atoms with Crippen LogP contribution in [0.1, 0.15) is 6.92 Å². The Balaban J connectivity index is 5.26. The molecule has 2 unspecified atom stereocenters. The van der Waals surface area contributed by atoms with E-state index >= 15 is 0 Å². The number of nitrogens with two attached hydrogens (primary N) is 1. The number of rotatable bonds is 5. The van der Waals surface area contributed by atoms with E-state index in [4.69, 9.17) is 22.4 Å². The molecule has 0 aromatic rings. The van der Waals surface area contributed by atoms with Gasteiger partial charge in [-0.25, -0.2) is 9.59 Å². The van der Waals surface area contributed by atoms with Gasteiger partial charge in [0.1, 0.15) is 0 Å². The number of hydrogen-bond acceptors (Lipinski definition) is 4. The molecule has 0 saturated heterocycles. The molecule has 17 heavy (non-hydrogen) atoms. The summed E-state index contributed by atoms with van der Waals surface area (Å²) in [5.74, 6) is -1.95. The molecule has 0 aliphatic rings. The molecule has 5 N–H and O–H groups in total. The van der Waals surface area contributed by atoms with Crippen molar-refractivity contribution in [2.24, 2.45) is 5.73 Å². The molecular weight excluding hydrogens is 228 g/mol. The highest BCUT2D eigenvalue weighted by molar-refractivity contribution is 5.95. The standard InChI is InChI=1S/C10H12N2O5/c1-3-10(9(16)17,5-4-7(13)14)12-8(15)6(2)11/h1,4-6H,11H2,2H3,(H,12,15)(H,13,14)(H,16,17). The number of carbonyl (C=O) groups excluding carboxylic acids is 1. The van der Waals surface area contributed by atoms with Gasteiger partial charge in [0.25, 0.3) is 0 Å². The summed E-state index contributed by atoms with van der Waals surface area (Å²) in [5, 5.41) is 19.3. The van der Waals surface area contributed by atoms with Crippen molar-refractivity contribution >= 4 is 17.8 Å². The van der Waals surface area contributed by atoms with Crippen LogP contribution in [0.4, 0.5) is 0 Å². The maximum Gasteiger partial charge on any atom is 0.346 e. The summed E-state index contributed by atoms with van der Waals surface area (Å²) >= 11 is 0. The van der Waals surface area contributed by atoms with Crippen LogP contribution in [-0.4, -0.2) is 39.6 Å². The first-order valence-electron chi connectivity index (χ1n) is 4.46. The lowest BCUT2D eigenvalue weighted by molar-refractivity contribution is -0.143. The molecule has 0 radical (unpaired) electrons. The van der Waals surface area contributed by atoms with Gasteiger partial charge in [-0.15, -0.1) is 6.42 Å². The molecule has 0 aromatic heterocycles. The summed E-state index contributed by atoms with van der Waals surface area (Å²) in [6.07, 6.45) is 6.24. The van der Waals surface area contributed by atoms with Crippen molar-refractivity contribution in [2.45, 2.75) is 18.5 Å². The smallest absolute Gasteiger partial charge is 0.346 e. The molecule has 0 aromatic carbocycles. The van der Waals surface area contributed by atoms with Crippen molar-refractivity contribution in [3.05, 3.63) is 12.2 Å². The first-order valence-corrected chi connectivity index (χ1v) is 4.46. The van der Waals surface area contributed by atoms with Crippen molar-refractivity contribution in [2.75, 3.05) is 0 Å². The average molecular weight is 240 g/mol. The lowest BCUT2D eigenvalue weighted by Gasteiger charge is -2.22. The number of terminal acetylenes is 1. The normalized spacial score (nSPS) is 15.6. The molecule has 0 heterocycles. The van der Waals surface area contributed by atoms with Crippen LogP contribution in [0.5, 0.6) is 0 Å². The monoisotopic (exact) mass is 240 g/mol. The second kappa shape index (κ2) is 5.67. The van der Waals surface area contributed by atoms with Gasteiger partial charge in [0.2, 0.25) is 11.4 Å². The predicted molar refractivity (Wildman–Crippen MR) is 57.8 cm³/mol. The van der Waals surface area contributed by atoms with E-state index in [0.717, 1.165) is 0 Å². The lowest BCUT2D eigenvalue weighted by Crippen LogP contribution is -2.55. The maximum absolute atomic E-state index is 11.3. The lowest BCUT2D eigenvalue weighted by atomic mass is 9.99. The summed E-state index contributed by atoms with van der Waals surface area (Å²) in [6, 6.07) is -0.972. The number of hydrogen-bond donors (Lipinski definition) is 4. The molecule has 7 heteroatoms.